The van der Waals surface area contributed by atoms with Crippen LogP contribution in [0.4, 0.5) is 0 Å². The Bertz CT molecular complexity index is 8640. The van der Waals surface area contributed by atoms with Crippen molar-refractivity contribution in [2.45, 2.75) is 0 Å². The van der Waals surface area contributed by atoms with E-state index >= 15 is 0 Å². The standard InChI is InChI=1S/3C38H22O2/c1-2-12-23(13-3-1)34-26-16-4-6-18-28(26)35(29-19-7-5-17-27(29)34)36-37-30(24-14-8-10-20-32(24)39-37)22-31-25-15-9-11-21-33(25)40-38(31)36;1-2-12-23(13-3-1)34-25-15-4-6-17-27(25)35(28-18-7-5-16-26(28)34)31-22-30-24-14-8-10-20-32(24)39-37(30)36-29-19-9-11-21-33(29)40-38(31)36;1-2-10-23(11-3-1)37-26-13-4-6-15-28(26)38(29-16-7-5-14-27(29)37)24-18-19-34-30(20-24)32-22-35-31(21-36(32)40-34)25-12-8-9-17-33(25)39-35/h3*1-22H. The van der Waals surface area contributed by atoms with Crippen LogP contribution in [-0.2, 0) is 0 Å². The van der Waals surface area contributed by atoms with Gasteiger partial charge in [0, 0.05) is 75.9 Å². The summed E-state index contributed by atoms with van der Waals surface area (Å²) < 4.78 is 39.2. The molecule has 558 valence electrons. The number of para-hydroxylation sites is 5. The molecule has 0 fully saturated rings. The van der Waals surface area contributed by atoms with Crippen LogP contribution < -0.4 is 0 Å². The van der Waals surface area contributed by atoms with E-state index in [9.17, 15) is 0 Å². The van der Waals surface area contributed by atoms with E-state index in [-0.39, 0.29) is 0 Å². The lowest BCUT2D eigenvalue weighted by Gasteiger charge is -2.18. The van der Waals surface area contributed by atoms with Crippen molar-refractivity contribution < 1.29 is 26.5 Å². The van der Waals surface area contributed by atoms with Crippen LogP contribution in [0.1, 0.15) is 0 Å². The SMILES string of the molecule is c1ccc(-c2c3ccccc3c(-c3c4oc5ccccc5c4cc4c3oc3ccccc34)c3ccccc23)cc1.c1ccc(-c2c3ccccc3c(-c3cc4c5ccccc5oc4c4c3oc3ccccc34)c3ccccc23)cc1.c1ccc(-c2c3ccccc3c(-c3ccc4oc5cc6c(cc5c4c3)oc3ccccc36)c3ccccc23)cc1. The molecule has 6 nitrogen and oxygen atoms in total. The molecule has 0 spiro atoms. The number of hydrogen-bond acceptors (Lipinski definition) is 6. The van der Waals surface area contributed by atoms with E-state index in [4.69, 9.17) is 26.5 Å². The normalized spacial score (nSPS) is 12.0. The van der Waals surface area contributed by atoms with Crippen molar-refractivity contribution in [3.8, 4) is 66.8 Å². The minimum atomic E-state index is 0.857. The van der Waals surface area contributed by atoms with Crippen LogP contribution in [0.2, 0.25) is 0 Å². The highest BCUT2D eigenvalue weighted by Gasteiger charge is 2.29. The Kier molecular flexibility index (Phi) is 15.0. The summed E-state index contributed by atoms with van der Waals surface area (Å²) in [5.41, 5.74) is 24.7. The Balaban J connectivity index is 0.0000000997. The van der Waals surface area contributed by atoms with Gasteiger partial charge in [-0.3, -0.25) is 0 Å². The van der Waals surface area contributed by atoms with Crippen LogP contribution in [0, 0.1) is 0 Å². The highest BCUT2D eigenvalue weighted by Crippen LogP contribution is 2.54. The smallest absolute Gasteiger partial charge is 0.147 e. The second-order valence-electron chi connectivity index (χ2n) is 31.3. The molecule has 0 unspecified atom stereocenters. The fourth-order valence-electron chi connectivity index (χ4n) is 19.7. The van der Waals surface area contributed by atoms with Crippen LogP contribution in [-0.4, -0.2) is 0 Å². The summed E-state index contributed by atoms with van der Waals surface area (Å²) in [5, 5.41) is 27.7. The van der Waals surface area contributed by atoms with Gasteiger partial charge in [-0.05, 0) is 176 Å². The molecule has 21 aromatic carbocycles. The first-order chi connectivity index (χ1) is 59.6. The third kappa shape index (κ3) is 10.3. The Morgan fingerprint density at radius 1 is 0.117 bits per heavy atom. The van der Waals surface area contributed by atoms with Crippen LogP contribution in [0.25, 0.3) is 263 Å². The van der Waals surface area contributed by atoms with Gasteiger partial charge in [-0.2, -0.15) is 0 Å². The molecule has 27 rings (SSSR count). The maximum absolute atomic E-state index is 6.69. The minimum absolute atomic E-state index is 0.857. The van der Waals surface area contributed by atoms with Crippen molar-refractivity contribution in [2.75, 3.05) is 0 Å². The van der Waals surface area contributed by atoms with E-state index in [1.807, 2.05) is 66.7 Å². The van der Waals surface area contributed by atoms with Crippen LogP contribution >= 0.6 is 0 Å². The van der Waals surface area contributed by atoms with Crippen molar-refractivity contribution in [1.29, 1.82) is 0 Å². The van der Waals surface area contributed by atoms with Gasteiger partial charge in [-0.15, -0.1) is 0 Å². The van der Waals surface area contributed by atoms with Crippen LogP contribution in [0.15, 0.2) is 427 Å². The zero-order chi connectivity index (χ0) is 78.6. The molecule has 0 radical (unpaired) electrons. The lowest BCUT2D eigenvalue weighted by atomic mass is 9.85. The number of furan rings is 6. The summed E-state index contributed by atoms with van der Waals surface area (Å²) in [7, 11) is 0. The molecule has 0 bridgehead atoms. The van der Waals surface area contributed by atoms with Crippen LogP contribution in [0.5, 0.6) is 0 Å². The third-order valence-electron chi connectivity index (χ3n) is 24.8. The molecule has 0 aliphatic rings. The van der Waals surface area contributed by atoms with Gasteiger partial charge in [-0.1, -0.05) is 334 Å². The maximum Gasteiger partial charge on any atom is 0.147 e. The number of fused-ring (bicyclic) bond motifs is 25. The molecule has 6 aromatic heterocycles. The van der Waals surface area contributed by atoms with E-state index < -0.39 is 0 Å². The fraction of sp³-hybridized carbons (Fsp3) is 0. The molecule has 0 amide bonds. The van der Waals surface area contributed by atoms with Crippen molar-refractivity contribution in [1.82, 2.24) is 0 Å². The average molecular weight is 1530 g/mol. The molecule has 0 saturated heterocycles. The maximum atomic E-state index is 6.69. The molecule has 120 heavy (non-hydrogen) atoms. The summed E-state index contributed by atoms with van der Waals surface area (Å²) in [5.74, 6) is 0. The first-order valence-electron chi connectivity index (χ1n) is 40.8. The van der Waals surface area contributed by atoms with E-state index in [2.05, 4.69) is 334 Å². The summed E-state index contributed by atoms with van der Waals surface area (Å²) in [6, 6.07) is 141. The molecule has 0 N–H and O–H groups in total. The molecule has 27 aromatic rings. The van der Waals surface area contributed by atoms with Crippen molar-refractivity contribution in [3.63, 3.8) is 0 Å². The number of rotatable bonds is 6. The van der Waals surface area contributed by atoms with Gasteiger partial charge in [0.15, 0.2) is 0 Å². The van der Waals surface area contributed by atoms with Crippen molar-refractivity contribution in [2.24, 2.45) is 0 Å². The predicted octanol–water partition coefficient (Wildman–Crippen LogP) is 33.4. The fourth-order valence-corrected chi connectivity index (χ4v) is 19.7. The zero-order valence-electron chi connectivity index (χ0n) is 64.6. The van der Waals surface area contributed by atoms with Gasteiger partial charge in [0.1, 0.15) is 67.0 Å². The Labute approximate surface area is 685 Å². The van der Waals surface area contributed by atoms with E-state index in [0.717, 1.165) is 148 Å². The first-order valence-corrected chi connectivity index (χ1v) is 40.8. The van der Waals surface area contributed by atoms with E-state index in [0.29, 0.717) is 0 Å². The highest BCUT2D eigenvalue weighted by molar-refractivity contribution is 6.33. The first kappa shape index (κ1) is 67.3. The minimum Gasteiger partial charge on any atom is -0.456 e. The summed E-state index contributed by atoms with van der Waals surface area (Å²) in [6.07, 6.45) is 0. The molecular formula is C114H66O6. The van der Waals surface area contributed by atoms with Gasteiger partial charge in [0.2, 0.25) is 0 Å². The second kappa shape index (κ2) is 26.8. The molecule has 6 heteroatoms. The largest absolute Gasteiger partial charge is 0.456 e. The van der Waals surface area contributed by atoms with Gasteiger partial charge in [0.05, 0.1) is 10.9 Å². The molecule has 0 saturated carbocycles. The topological polar surface area (TPSA) is 78.8 Å². The zero-order valence-corrected chi connectivity index (χ0v) is 64.6. The van der Waals surface area contributed by atoms with Crippen LogP contribution in [0.3, 0.4) is 0 Å². The lowest BCUT2D eigenvalue weighted by Crippen LogP contribution is -1.91. The number of benzene rings is 21. The summed E-state index contributed by atoms with van der Waals surface area (Å²) in [4.78, 5) is 0. The molecular weight excluding hydrogens is 1470 g/mol. The molecule has 6 heterocycles. The van der Waals surface area contributed by atoms with Gasteiger partial charge < -0.3 is 26.5 Å². The molecule has 0 atom stereocenters. The Hall–Kier alpha value is -16.0. The molecule has 0 aliphatic heterocycles. The quantitative estimate of drug-likeness (QED) is 0.154. The summed E-state index contributed by atoms with van der Waals surface area (Å²) in [6.45, 7) is 0. The Morgan fingerprint density at radius 2 is 0.375 bits per heavy atom. The van der Waals surface area contributed by atoms with E-state index in [1.165, 1.54) is 115 Å². The predicted molar refractivity (Wildman–Crippen MR) is 501 cm³/mol. The number of hydrogen-bond donors (Lipinski definition) is 0. The van der Waals surface area contributed by atoms with Gasteiger partial charge >= 0.3 is 0 Å². The summed E-state index contributed by atoms with van der Waals surface area (Å²) >= 11 is 0. The lowest BCUT2D eigenvalue weighted by molar-refractivity contribution is 0.658. The van der Waals surface area contributed by atoms with Gasteiger partial charge in [-0.25, -0.2) is 0 Å². The molecule has 0 aliphatic carbocycles. The highest BCUT2D eigenvalue weighted by atomic mass is 16.4. The Morgan fingerprint density at radius 3 is 0.767 bits per heavy atom. The second-order valence-corrected chi connectivity index (χ2v) is 31.3. The van der Waals surface area contributed by atoms with E-state index in [1.54, 1.807) is 0 Å². The van der Waals surface area contributed by atoms with Crippen molar-refractivity contribution >= 4 is 196 Å². The monoisotopic (exact) mass is 1530 g/mol. The van der Waals surface area contributed by atoms with Gasteiger partial charge in [0.25, 0.3) is 0 Å². The third-order valence-corrected chi connectivity index (χ3v) is 24.8. The van der Waals surface area contributed by atoms with Crippen molar-refractivity contribution in [3.05, 3.63) is 400 Å². The average Bonchev–Trinajstić information content (AvgIpc) is 1.52.